The van der Waals surface area contributed by atoms with Crippen LogP contribution in [0.4, 0.5) is 0 Å². The van der Waals surface area contributed by atoms with Crippen molar-refractivity contribution in [1.29, 1.82) is 0 Å². The van der Waals surface area contributed by atoms with Gasteiger partial charge in [0.05, 0.1) is 0 Å². The lowest BCUT2D eigenvalue weighted by atomic mass is 9.99. The van der Waals surface area contributed by atoms with E-state index in [9.17, 15) is 0 Å². The van der Waals surface area contributed by atoms with Gasteiger partial charge in [-0.2, -0.15) is 0 Å². The highest BCUT2D eigenvalue weighted by Crippen LogP contribution is 2.16. The van der Waals surface area contributed by atoms with Crippen molar-refractivity contribution in [1.82, 2.24) is 5.32 Å². The summed E-state index contributed by atoms with van der Waals surface area (Å²) in [5, 5.41) is 3.24. The van der Waals surface area contributed by atoms with E-state index in [4.69, 9.17) is 5.73 Å². The second kappa shape index (κ2) is 5.89. The minimum atomic E-state index is 0.132. The van der Waals surface area contributed by atoms with Crippen LogP contribution >= 0.6 is 0 Å². The Morgan fingerprint density at radius 3 is 2.27 bits per heavy atom. The third-order valence-electron chi connectivity index (χ3n) is 2.71. The van der Waals surface area contributed by atoms with E-state index >= 15 is 0 Å². The zero-order valence-corrected chi connectivity index (χ0v) is 9.96. The normalized spacial score (nSPS) is 14.9. The van der Waals surface area contributed by atoms with Crippen molar-refractivity contribution in [3.8, 4) is 0 Å². The molecule has 1 aromatic carbocycles. The van der Waals surface area contributed by atoms with Gasteiger partial charge in [0.1, 0.15) is 0 Å². The molecule has 1 aromatic rings. The van der Waals surface area contributed by atoms with Crippen LogP contribution < -0.4 is 11.1 Å². The van der Waals surface area contributed by atoms with Gasteiger partial charge in [0, 0.05) is 12.1 Å². The summed E-state index contributed by atoms with van der Waals surface area (Å²) in [5.41, 5.74) is 8.59. The summed E-state index contributed by atoms with van der Waals surface area (Å²) in [6, 6.07) is 9.13. The molecule has 2 atom stereocenters. The second-order valence-electron chi connectivity index (χ2n) is 4.12. The first kappa shape index (κ1) is 12.2. The smallest absolute Gasteiger partial charge is 0.0468 e. The van der Waals surface area contributed by atoms with Crippen LogP contribution in [-0.4, -0.2) is 13.1 Å². The highest BCUT2D eigenvalue weighted by Gasteiger charge is 2.12. The number of nitrogens with two attached hydrogens (primary N) is 1. The number of likely N-dealkylation sites (N-methyl/N-ethyl adjacent to an activating group) is 1. The Morgan fingerprint density at radius 2 is 1.87 bits per heavy atom. The fourth-order valence-electron chi connectivity index (χ4n) is 1.91. The summed E-state index contributed by atoms with van der Waals surface area (Å²) in [6.45, 7) is 4.23. The quantitative estimate of drug-likeness (QED) is 0.775. The van der Waals surface area contributed by atoms with Gasteiger partial charge < -0.3 is 11.1 Å². The van der Waals surface area contributed by atoms with Gasteiger partial charge in [0.2, 0.25) is 0 Å². The Hall–Kier alpha value is -0.860. The molecular formula is C13H22N2. The van der Waals surface area contributed by atoms with Gasteiger partial charge in [-0.15, -0.1) is 0 Å². The summed E-state index contributed by atoms with van der Waals surface area (Å²) >= 11 is 0. The molecule has 2 unspecified atom stereocenters. The average Bonchev–Trinajstić information content (AvgIpc) is 2.21. The maximum Gasteiger partial charge on any atom is 0.0468 e. The average molecular weight is 206 g/mol. The fourth-order valence-corrected chi connectivity index (χ4v) is 1.91. The monoisotopic (exact) mass is 206 g/mol. The Kier molecular flexibility index (Phi) is 4.79. The lowest BCUT2D eigenvalue weighted by Gasteiger charge is -2.20. The van der Waals surface area contributed by atoms with E-state index in [-0.39, 0.29) is 12.1 Å². The number of hydrogen-bond acceptors (Lipinski definition) is 2. The number of aryl methyl sites for hydroxylation is 1. The van der Waals surface area contributed by atoms with E-state index in [2.05, 4.69) is 36.5 Å². The van der Waals surface area contributed by atoms with Crippen molar-refractivity contribution >= 4 is 0 Å². The molecule has 0 aliphatic carbocycles. The van der Waals surface area contributed by atoms with Gasteiger partial charge >= 0.3 is 0 Å². The Morgan fingerprint density at radius 1 is 1.27 bits per heavy atom. The van der Waals surface area contributed by atoms with Crippen molar-refractivity contribution in [2.75, 3.05) is 7.05 Å². The predicted octanol–water partition coefficient (Wildman–Crippen LogP) is 2.25. The van der Waals surface area contributed by atoms with E-state index in [0.29, 0.717) is 0 Å². The molecule has 2 heteroatoms. The predicted molar refractivity (Wildman–Crippen MR) is 65.9 cm³/mol. The van der Waals surface area contributed by atoms with Crippen LogP contribution in [0.3, 0.4) is 0 Å². The van der Waals surface area contributed by atoms with Crippen LogP contribution in [0, 0.1) is 0 Å². The third kappa shape index (κ3) is 3.33. The lowest BCUT2D eigenvalue weighted by molar-refractivity contribution is 0.503. The second-order valence-corrected chi connectivity index (χ2v) is 4.12. The van der Waals surface area contributed by atoms with E-state index in [1.165, 1.54) is 17.5 Å². The van der Waals surface area contributed by atoms with Crippen LogP contribution in [0.15, 0.2) is 24.3 Å². The molecule has 2 nitrogen and oxygen atoms in total. The summed E-state index contributed by atoms with van der Waals surface area (Å²) in [5.74, 6) is 0. The molecule has 84 valence electrons. The molecule has 0 fully saturated rings. The summed E-state index contributed by atoms with van der Waals surface area (Å²) in [4.78, 5) is 0. The lowest BCUT2D eigenvalue weighted by Crippen LogP contribution is -2.33. The maximum absolute atomic E-state index is 5.91. The van der Waals surface area contributed by atoms with Gasteiger partial charge in [-0.25, -0.2) is 0 Å². The topological polar surface area (TPSA) is 38.0 Å². The zero-order valence-electron chi connectivity index (χ0n) is 9.96. The van der Waals surface area contributed by atoms with Gasteiger partial charge in [-0.05, 0) is 31.5 Å². The first-order valence-electron chi connectivity index (χ1n) is 5.70. The fraction of sp³-hybridized carbons (Fsp3) is 0.538. The number of benzene rings is 1. The summed E-state index contributed by atoms with van der Waals surface area (Å²) in [7, 11) is 1.95. The van der Waals surface area contributed by atoms with Crippen molar-refractivity contribution in [3.05, 3.63) is 35.4 Å². The summed E-state index contributed by atoms with van der Waals surface area (Å²) < 4.78 is 0. The molecule has 0 amide bonds. The van der Waals surface area contributed by atoms with Gasteiger partial charge in [0.25, 0.3) is 0 Å². The SMILES string of the molecule is CCCc1ccc(C(NC)C(C)N)cc1. The van der Waals surface area contributed by atoms with E-state index in [0.717, 1.165) is 6.42 Å². The highest BCUT2D eigenvalue weighted by atomic mass is 14.9. The maximum atomic E-state index is 5.91. The van der Waals surface area contributed by atoms with E-state index in [1.807, 2.05) is 14.0 Å². The molecule has 0 aromatic heterocycles. The zero-order chi connectivity index (χ0) is 11.3. The number of nitrogens with one attached hydrogen (secondary N) is 1. The van der Waals surface area contributed by atoms with E-state index in [1.54, 1.807) is 0 Å². The standard InChI is InChI=1S/C13H22N2/c1-4-5-11-6-8-12(9-7-11)13(15-3)10(2)14/h6-10,13,15H,4-5,14H2,1-3H3. The number of hydrogen-bond donors (Lipinski definition) is 2. The molecule has 0 spiro atoms. The molecule has 1 rings (SSSR count). The van der Waals surface area contributed by atoms with Crippen molar-refractivity contribution in [2.45, 2.75) is 38.8 Å². The van der Waals surface area contributed by atoms with Crippen LogP contribution in [0.25, 0.3) is 0 Å². The Labute approximate surface area is 92.9 Å². The molecule has 0 bridgehead atoms. The van der Waals surface area contributed by atoms with E-state index < -0.39 is 0 Å². The minimum absolute atomic E-state index is 0.132. The van der Waals surface area contributed by atoms with Crippen LogP contribution in [0.5, 0.6) is 0 Å². The molecule has 0 saturated heterocycles. The molecule has 15 heavy (non-hydrogen) atoms. The van der Waals surface area contributed by atoms with Gasteiger partial charge in [-0.1, -0.05) is 37.6 Å². The van der Waals surface area contributed by atoms with Gasteiger partial charge in [-0.3, -0.25) is 0 Å². The molecule has 0 aliphatic rings. The minimum Gasteiger partial charge on any atom is -0.326 e. The van der Waals surface area contributed by atoms with Crippen LogP contribution in [0.2, 0.25) is 0 Å². The number of rotatable bonds is 5. The van der Waals surface area contributed by atoms with Crippen molar-refractivity contribution in [2.24, 2.45) is 5.73 Å². The molecular weight excluding hydrogens is 184 g/mol. The first-order valence-corrected chi connectivity index (χ1v) is 5.70. The highest BCUT2D eigenvalue weighted by molar-refractivity contribution is 5.26. The Balaban J connectivity index is 2.77. The summed E-state index contributed by atoms with van der Waals surface area (Å²) in [6.07, 6.45) is 2.35. The largest absolute Gasteiger partial charge is 0.326 e. The van der Waals surface area contributed by atoms with Crippen LogP contribution in [0.1, 0.15) is 37.4 Å². The molecule has 0 aliphatic heterocycles. The molecule has 0 saturated carbocycles. The first-order chi connectivity index (χ1) is 7.19. The molecule has 0 radical (unpaired) electrons. The van der Waals surface area contributed by atoms with Crippen LogP contribution in [-0.2, 0) is 6.42 Å². The molecule has 3 N–H and O–H groups in total. The molecule has 0 heterocycles. The Bertz CT molecular complexity index is 277. The van der Waals surface area contributed by atoms with Crippen molar-refractivity contribution in [3.63, 3.8) is 0 Å². The third-order valence-corrected chi connectivity index (χ3v) is 2.71. The van der Waals surface area contributed by atoms with Gasteiger partial charge in [0.15, 0.2) is 0 Å². The van der Waals surface area contributed by atoms with Crippen molar-refractivity contribution < 1.29 is 0 Å².